The molecule has 0 aliphatic rings. The fourth-order valence-electron chi connectivity index (χ4n) is 1.90. The number of carbonyl (C=O) groups is 1. The Hall–Kier alpha value is -1.95. The van der Waals surface area contributed by atoms with Gasteiger partial charge in [0.1, 0.15) is 5.56 Å². The van der Waals surface area contributed by atoms with Crippen LogP contribution in [0.5, 0.6) is 0 Å². The molecule has 0 radical (unpaired) electrons. The highest BCUT2D eigenvalue weighted by atomic mass is 16.6. The van der Waals surface area contributed by atoms with Crippen molar-refractivity contribution in [3.05, 3.63) is 39.4 Å². The van der Waals surface area contributed by atoms with Gasteiger partial charge < -0.3 is 10.1 Å². The highest BCUT2D eigenvalue weighted by molar-refractivity contribution is 5.98. The highest BCUT2D eigenvalue weighted by Crippen LogP contribution is 2.22. The maximum Gasteiger partial charge on any atom is 0.285 e. The van der Waals surface area contributed by atoms with Crippen LogP contribution in [-0.4, -0.2) is 30.6 Å². The van der Waals surface area contributed by atoms with E-state index >= 15 is 0 Å². The molecule has 116 valence electrons. The van der Waals surface area contributed by atoms with E-state index in [1.165, 1.54) is 6.07 Å². The molecule has 0 spiro atoms. The van der Waals surface area contributed by atoms with Crippen LogP contribution in [0.3, 0.4) is 0 Å². The number of benzene rings is 1. The highest BCUT2D eigenvalue weighted by Gasteiger charge is 2.21. The molecule has 0 unspecified atom stereocenters. The number of hydrogen-bond acceptors (Lipinski definition) is 4. The molecule has 0 saturated heterocycles. The van der Waals surface area contributed by atoms with Crippen LogP contribution < -0.4 is 5.32 Å². The number of aryl methyl sites for hydroxylation is 1. The van der Waals surface area contributed by atoms with Gasteiger partial charge >= 0.3 is 0 Å². The number of nitro groups is 1. The van der Waals surface area contributed by atoms with Crippen molar-refractivity contribution in [1.29, 1.82) is 0 Å². The number of carbonyl (C=O) groups excluding carboxylic acids is 1. The van der Waals surface area contributed by atoms with Crippen LogP contribution in [-0.2, 0) is 4.74 Å². The smallest absolute Gasteiger partial charge is 0.285 e. The average Bonchev–Trinajstić information content (AvgIpc) is 2.45. The van der Waals surface area contributed by atoms with E-state index < -0.39 is 10.8 Å². The van der Waals surface area contributed by atoms with Crippen LogP contribution in [0.2, 0.25) is 0 Å². The molecule has 0 aliphatic heterocycles. The van der Waals surface area contributed by atoms with Crippen LogP contribution >= 0.6 is 0 Å². The molecule has 6 heteroatoms. The number of nitrogens with one attached hydrogen (secondary N) is 1. The molecular formula is C15H22N2O4. The SMILES string of the molecule is CCCCOCCCNC(=O)c1cccc(C)c1[N+](=O)[O-]. The minimum absolute atomic E-state index is 0.104. The van der Waals surface area contributed by atoms with E-state index in [1.54, 1.807) is 19.1 Å². The Morgan fingerprint density at radius 3 is 2.71 bits per heavy atom. The molecule has 0 bridgehead atoms. The van der Waals surface area contributed by atoms with Crippen LogP contribution in [0.4, 0.5) is 5.69 Å². The summed E-state index contributed by atoms with van der Waals surface area (Å²) in [6.45, 7) is 5.47. The predicted molar refractivity (Wildman–Crippen MR) is 80.5 cm³/mol. The molecule has 6 nitrogen and oxygen atoms in total. The Balaban J connectivity index is 2.46. The van der Waals surface area contributed by atoms with Gasteiger partial charge in [0.05, 0.1) is 4.92 Å². The van der Waals surface area contributed by atoms with Crippen LogP contribution in [0.25, 0.3) is 0 Å². The Kier molecular flexibility index (Phi) is 7.39. The molecule has 1 rings (SSSR count). The maximum atomic E-state index is 12.0. The first-order valence-corrected chi connectivity index (χ1v) is 7.17. The third-order valence-corrected chi connectivity index (χ3v) is 3.06. The second-order valence-electron chi connectivity index (χ2n) is 4.80. The van der Waals surface area contributed by atoms with E-state index in [2.05, 4.69) is 12.2 Å². The second kappa shape index (κ2) is 9.07. The first-order valence-electron chi connectivity index (χ1n) is 7.17. The van der Waals surface area contributed by atoms with Gasteiger partial charge in [-0.05, 0) is 25.8 Å². The average molecular weight is 294 g/mol. The van der Waals surface area contributed by atoms with Gasteiger partial charge in [0.2, 0.25) is 0 Å². The Labute approximate surface area is 124 Å². The van der Waals surface area contributed by atoms with Crippen molar-refractivity contribution in [1.82, 2.24) is 5.32 Å². The minimum atomic E-state index is -0.516. The predicted octanol–water partition coefficient (Wildman–Crippen LogP) is 2.84. The minimum Gasteiger partial charge on any atom is -0.381 e. The standard InChI is InChI=1S/C15H22N2O4/c1-3-4-10-21-11-6-9-16-15(18)13-8-5-7-12(2)14(13)17(19)20/h5,7-8H,3-4,6,9-11H2,1-2H3,(H,16,18). The lowest BCUT2D eigenvalue weighted by atomic mass is 10.1. The van der Waals surface area contributed by atoms with E-state index in [-0.39, 0.29) is 11.3 Å². The molecule has 0 saturated carbocycles. The van der Waals surface area contributed by atoms with Gasteiger partial charge in [-0.3, -0.25) is 14.9 Å². The topological polar surface area (TPSA) is 81.5 Å². The molecular weight excluding hydrogens is 272 g/mol. The molecule has 1 N–H and O–H groups in total. The summed E-state index contributed by atoms with van der Waals surface area (Å²) in [4.78, 5) is 22.5. The van der Waals surface area contributed by atoms with Gasteiger partial charge in [0.25, 0.3) is 11.6 Å². The molecule has 21 heavy (non-hydrogen) atoms. The van der Waals surface area contributed by atoms with Crippen molar-refractivity contribution in [2.75, 3.05) is 19.8 Å². The van der Waals surface area contributed by atoms with E-state index in [9.17, 15) is 14.9 Å². The van der Waals surface area contributed by atoms with Crippen molar-refractivity contribution >= 4 is 11.6 Å². The lowest BCUT2D eigenvalue weighted by Gasteiger charge is -2.07. The van der Waals surface area contributed by atoms with Crippen molar-refractivity contribution in [3.63, 3.8) is 0 Å². The number of rotatable bonds is 9. The molecule has 0 atom stereocenters. The zero-order chi connectivity index (χ0) is 15.7. The van der Waals surface area contributed by atoms with Crippen molar-refractivity contribution in [2.45, 2.75) is 33.1 Å². The van der Waals surface area contributed by atoms with Gasteiger partial charge in [-0.25, -0.2) is 0 Å². The van der Waals surface area contributed by atoms with Gasteiger partial charge in [0.15, 0.2) is 0 Å². The number of amides is 1. The number of unbranched alkanes of at least 4 members (excludes halogenated alkanes) is 1. The van der Waals surface area contributed by atoms with E-state index in [0.717, 1.165) is 19.4 Å². The summed E-state index contributed by atoms with van der Waals surface area (Å²) in [7, 11) is 0. The van der Waals surface area contributed by atoms with Crippen LogP contribution in [0.15, 0.2) is 18.2 Å². The summed E-state index contributed by atoms with van der Waals surface area (Å²) in [6, 6.07) is 4.74. The van der Waals surface area contributed by atoms with E-state index in [1.807, 2.05) is 0 Å². The zero-order valence-corrected chi connectivity index (χ0v) is 12.6. The lowest BCUT2D eigenvalue weighted by molar-refractivity contribution is -0.385. The first kappa shape index (κ1) is 17.1. The van der Waals surface area contributed by atoms with Crippen molar-refractivity contribution in [2.24, 2.45) is 0 Å². The van der Waals surface area contributed by atoms with Crippen LogP contribution in [0, 0.1) is 17.0 Å². The molecule has 0 heterocycles. The molecule has 1 amide bonds. The quantitative estimate of drug-likeness (QED) is 0.431. The van der Waals surface area contributed by atoms with E-state index in [0.29, 0.717) is 25.1 Å². The summed E-state index contributed by atoms with van der Waals surface area (Å²) in [5.41, 5.74) is 0.455. The summed E-state index contributed by atoms with van der Waals surface area (Å²) in [5.74, 6) is -0.418. The number of nitro benzene ring substituents is 1. The Morgan fingerprint density at radius 2 is 2.05 bits per heavy atom. The second-order valence-corrected chi connectivity index (χ2v) is 4.80. The fourth-order valence-corrected chi connectivity index (χ4v) is 1.90. The monoisotopic (exact) mass is 294 g/mol. The largest absolute Gasteiger partial charge is 0.381 e. The first-order chi connectivity index (χ1) is 10.1. The molecule has 0 aliphatic carbocycles. The van der Waals surface area contributed by atoms with Crippen molar-refractivity contribution < 1.29 is 14.5 Å². The van der Waals surface area contributed by atoms with Gasteiger partial charge in [0, 0.05) is 25.3 Å². The third-order valence-electron chi connectivity index (χ3n) is 3.06. The summed E-state index contributed by atoms with van der Waals surface area (Å²) in [5, 5.41) is 13.7. The maximum absolute atomic E-state index is 12.0. The van der Waals surface area contributed by atoms with Crippen molar-refractivity contribution in [3.8, 4) is 0 Å². The van der Waals surface area contributed by atoms with Gasteiger partial charge in [-0.15, -0.1) is 0 Å². The number of ether oxygens (including phenoxy) is 1. The van der Waals surface area contributed by atoms with E-state index in [4.69, 9.17) is 4.74 Å². The molecule has 0 fully saturated rings. The number of para-hydroxylation sites is 1. The summed E-state index contributed by atoms with van der Waals surface area (Å²) >= 11 is 0. The molecule has 0 aromatic heterocycles. The van der Waals surface area contributed by atoms with Gasteiger partial charge in [-0.2, -0.15) is 0 Å². The fraction of sp³-hybridized carbons (Fsp3) is 0.533. The number of nitrogens with zero attached hydrogens (tertiary/aromatic N) is 1. The Morgan fingerprint density at radius 1 is 1.33 bits per heavy atom. The lowest BCUT2D eigenvalue weighted by Crippen LogP contribution is -2.26. The third kappa shape index (κ3) is 5.51. The van der Waals surface area contributed by atoms with Crippen LogP contribution in [0.1, 0.15) is 42.1 Å². The molecule has 1 aromatic rings. The molecule has 1 aromatic carbocycles. The van der Waals surface area contributed by atoms with Gasteiger partial charge in [-0.1, -0.05) is 25.5 Å². The number of hydrogen-bond donors (Lipinski definition) is 1. The summed E-state index contributed by atoms with van der Waals surface area (Å²) < 4.78 is 5.38. The Bertz CT molecular complexity index is 489. The zero-order valence-electron chi connectivity index (χ0n) is 12.6. The normalized spacial score (nSPS) is 10.4. The summed E-state index contributed by atoms with van der Waals surface area (Å²) in [6.07, 6.45) is 2.81.